The lowest BCUT2D eigenvalue weighted by atomic mass is 9.60. The van der Waals surface area contributed by atoms with Crippen molar-refractivity contribution in [3.8, 4) is 11.8 Å². The molecule has 4 aromatic rings. The quantitative estimate of drug-likeness (QED) is 0.409. The van der Waals surface area contributed by atoms with Crippen LogP contribution in [0.4, 0.5) is 4.39 Å². The smallest absolute Gasteiger partial charge is 0.309 e. The number of hydrogen-bond donors (Lipinski definition) is 2. The van der Waals surface area contributed by atoms with Crippen molar-refractivity contribution in [2.45, 2.75) is 58.3 Å². The molecule has 8 heteroatoms. The fourth-order valence-electron chi connectivity index (χ4n) is 5.37. The average molecular weight is 460 g/mol. The summed E-state index contributed by atoms with van der Waals surface area (Å²) in [6, 6.07) is 9.30. The Morgan fingerprint density at radius 3 is 2.76 bits per heavy atom. The number of aromatic nitrogens is 4. The van der Waals surface area contributed by atoms with Crippen molar-refractivity contribution in [3.05, 3.63) is 53.1 Å². The number of fused-ring (bicyclic) bond motifs is 2. The van der Waals surface area contributed by atoms with Crippen molar-refractivity contribution in [2.24, 2.45) is 5.41 Å². The van der Waals surface area contributed by atoms with Gasteiger partial charge in [0, 0.05) is 34.2 Å². The molecule has 0 aliphatic heterocycles. The van der Waals surface area contributed by atoms with Crippen LogP contribution in [0.2, 0.25) is 0 Å². The van der Waals surface area contributed by atoms with Gasteiger partial charge in [-0.05, 0) is 62.4 Å². The van der Waals surface area contributed by atoms with Crippen LogP contribution in [-0.2, 0) is 10.2 Å². The van der Waals surface area contributed by atoms with E-state index < -0.39 is 16.8 Å². The fourth-order valence-corrected chi connectivity index (χ4v) is 5.37. The lowest BCUT2D eigenvalue weighted by Crippen LogP contribution is -2.41. The number of aliphatic carboxylic acids is 1. The molecular weight excluding hydrogens is 433 g/mol. The number of aryl methyl sites for hydroxylation is 1. The van der Waals surface area contributed by atoms with Gasteiger partial charge in [0.1, 0.15) is 5.82 Å². The second-order valence-electron chi connectivity index (χ2n) is 10.4. The molecule has 5 rings (SSSR count). The number of H-pyrrole nitrogens is 1. The number of pyridine rings is 1. The zero-order chi connectivity index (χ0) is 24.4. The Kier molecular flexibility index (Phi) is 4.80. The fraction of sp³-hybridized carbons (Fsp3) is 0.385. The summed E-state index contributed by atoms with van der Waals surface area (Å²) < 4.78 is 16.2. The van der Waals surface area contributed by atoms with Gasteiger partial charge in [0.25, 0.3) is 0 Å². The number of halogens is 1. The summed E-state index contributed by atoms with van der Waals surface area (Å²) in [5.74, 6) is -1.11. The van der Waals surface area contributed by atoms with Crippen LogP contribution in [0.5, 0.6) is 0 Å². The summed E-state index contributed by atoms with van der Waals surface area (Å²) >= 11 is 0. The van der Waals surface area contributed by atoms with Gasteiger partial charge < -0.3 is 9.67 Å². The molecule has 3 heterocycles. The summed E-state index contributed by atoms with van der Waals surface area (Å²) in [5.41, 5.74) is 4.07. The molecule has 1 saturated carbocycles. The summed E-state index contributed by atoms with van der Waals surface area (Å²) in [5, 5.41) is 27.3. The monoisotopic (exact) mass is 459 g/mol. The molecule has 2 N–H and O–H groups in total. The zero-order valence-corrected chi connectivity index (χ0v) is 19.6. The predicted molar refractivity (Wildman–Crippen MR) is 126 cm³/mol. The van der Waals surface area contributed by atoms with Crippen LogP contribution in [0, 0.1) is 29.5 Å². The largest absolute Gasteiger partial charge is 0.481 e. The third-order valence-corrected chi connectivity index (χ3v) is 7.26. The first kappa shape index (κ1) is 22.1. The number of benzene rings is 1. The van der Waals surface area contributed by atoms with Crippen molar-refractivity contribution in [1.82, 2.24) is 19.7 Å². The Balaban J connectivity index is 1.87. The van der Waals surface area contributed by atoms with Crippen LogP contribution in [-0.4, -0.2) is 30.8 Å². The van der Waals surface area contributed by atoms with Crippen LogP contribution < -0.4 is 0 Å². The third kappa shape index (κ3) is 3.18. The Labute approximate surface area is 196 Å². The number of carboxylic acid groups (broad SMARTS) is 1. The molecule has 1 aliphatic rings. The molecule has 1 fully saturated rings. The maximum absolute atomic E-state index is 14.2. The van der Waals surface area contributed by atoms with E-state index in [-0.39, 0.29) is 18.2 Å². The van der Waals surface area contributed by atoms with Gasteiger partial charge in [0.2, 0.25) is 0 Å². The molecule has 0 bridgehead atoms. The molecule has 0 spiro atoms. The van der Waals surface area contributed by atoms with Gasteiger partial charge in [-0.3, -0.25) is 9.89 Å². The van der Waals surface area contributed by atoms with Gasteiger partial charge in [-0.1, -0.05) is 13.8 Å². The SMILES string of the molecule is Cc1cc(-n2c(C(C)(C)CC#N)c([C@H]3C[C@](C)(C(=O)O)C3)c3nc4[nH]ncc4cc32)ccc1F. The van der Waals surface area contributed by atoms with Crippen molar-refractivity contribution < 1.29 is 14.3 Å². The highest BCUT2D eigenvalue weighted by Crippen LogP contribution is 2.55. The van der Waals surface area contributed by atoms with E-state index in [1.165, 1.54) is 6.07 Å². The highest BCUT2D eigenvalue weighted by molar-refractivity contribution is 5.94. The summed E-state index contributed by atoms with van der Waals surface area (Å²) in [7, 11) is 0. The molecule has 34 heavy (non-hydrogen) atoms. The number of rotatable bonds is 5. The lowest BCUT2D eigenvalue weighted by molar-refractivity contribution is -0.154. The van der Waals surface area contributed by atoms with Crippen molar-refractivity contribution in [2.75, 3.05) is 0 Å². The molecule has 0 radical (unpaired) electrons. The second kappa shape index (κ2) is 7.39. The van der Waals surface area contributed by atoms with E-state index in [0.29, 0.717) is 24.1 Å². The summed E-state index contributed by atoms with van der Waals surface area (Å²) in [6.07, 6.45) is 2.95. The van der Waals surface area contributed by atoms with E-state index in [2.05, 4.69) is 20.8 Å². The van der Waals surface area contributed by atoms with Gasteiger partial charge in [0.15, 0.2) is 5.65 Å². The predicted octanol–water partition coefficient (Wildman–Crippen LogP) is 5.51. The van der Waals surface area contributed by atoms with E-state index in [9.17, 15) is 19.6 Å². The molecule has 174 valence electrons. The van der Waals surface area contributed by atoms with E-state index in [4.69, 9.17) is 4.98 Å². The first-order valence-corrected chi connectivity index (χ1v) is 11.3. The third-order valence-electron chi connectivity index (χ3n) is 7.26. The molecule has 0 amide bonds. The van der Waals surface area contributed by atoms with Crippen LogP contribution in [0.25, 0.3) is 27.8 Å². The van der Waals surface area contributed by atoms with Crippen molar-refractivity contribution in [1.29, 1.82) is 5.26 Å². The van der Waals surface area contributed by atoms with Crippen molar-refractivity contribution >= 4 is 28.0 Å². The standard InChI is InChI=1S/C26H26FN5O2/c1-14-9-17(5-6-18(14)27)32-19-10-15-13-29-31-23(15)30-21(19)20(22(32)25(2,3)7-8-28)16-11-26(4,12-16)24(33)34/h5-6,9-10,13,16H,7,11-12H2,1-4H3,(H,33,34)(H,29,30,31)/t16-,26-. The number of carboxylic acids is 1. The first-order chi connectivity index (χ1) is 16.1. The average Bonchev–Trinajstić information content (AvgIpc) is 3.33. The van der Waals surface area contributed by atoms with Gasteiger partial charge in [-0.25, -0.2) is 9.37 Å². The van der Waals surface area contributed by atoms with Gasteiger partial charge in [-0.2, -0.15) is 10.4 Å². The minimum Gasteiger partial charge on any atom is -0.481 e. The van der Waals surface area contributed by atoms with Crippen LogP contribution in [0.3, 0.4) is 0 Å². The Hall–Kier alpha value is -3.73. The summed E-state index contributed by atoms with van der Waals surface area (Å²) in [4.78, 5) is 16.8. The van der Waals surface area contributed by atoms with Crippen LogP contribution in [0.15, 0.2) is 30.5 Å². The maximum atomic E-state index is 14.2. The normalized spacial score (nSPS) is 20.4. The molecule has 0 unspecified atom stereocenters. The highest BCUT2D eigenvalue weighted by Gasteiger charge is 2.50. The van der Waals surface area contributed by atoms with E-state index in [1.54, 1.807) is 32.2 Å². The van der Waals surface area contributed by atoms with E-state index in [1.807, 2.05) is 19.9 Å². The topological polar surface area (TPSA) is 108 Å². The number of nitrogens with one attached hydrogen (secondary N) is 1. The van der Waals surface area contributed by atoms with E-state index >= 15 is 0 Å². The minimum atomic E-state index is -0.802. The highest BCUT2D eigenvalue weighted by atomic mass is 19.1. The van der Waals surface area contributed by atoms with Gasteiger partial charge in [-0.15, -0.1) is 0 Å². The summed E-state index contributed by atoms with van der Waals surface area (Å²) in [6.45, 7) is 7.53. The molecule has 1 aromatic carbocycles. The molecule has 7 nitrogen and oxygen atoms in total. The minimum absolute atomic E-state index is 0.0211. The molecule has 0 atom stereocenters. The Morgan fingerprint density at radius 1 is 1.38 bits per heavy atom. The Morgan fingerprint density at radius 2 is 2.12 bits per heavy atom. The number of carbonyl (C=O) groups is 1. The van der Waals surface area contributed by atoms with Gasteiger partial charge >= 0.3 is 5.97 Å². The lowest BCUT2D eigenvalue weighted by Gasteiger charge is -2.43. The molecule has 3 aromatic heterocycles. The molecule has 0 saturated heterocycles. The second-order valence-corrected chi connectivity index (χ2v) is 10.4. The van der Waals surface area contributed by atoms with Crippen LogP contribution >= 0.6 is 0 Å². The maximum Gasteiger partial charge on any atom is 0.309 e. The van der Waals surface area contributed by atoms with Crippen molar-refractivity contribution in [3.63, 3.8) is 0 Å². The molecular formula is C26H26FN5O2. The number of nitriles is 1. The molecule has 1 aliphatic carbocycles. The van der Waals surface area contributed by atoms with Gasteiger partial charge in [0.05, 0.1) is 28.7 Å². The first-order valence-electron chi connectivity index (χ1n) is 11.3. The van der Waals surface area contributed by atoms with Crippen LogP contribution in [0.1, 0.15) is 62.8 Å². The number of aromatic amines is 1. The number of hydrogen-bond acceptors (Lipinski definition) is 4. The zero-order valence-electron chi connectivity index (χ0n) is 19.6. The Bertz CT molecular complexity index is 1500. The number of nitrogens with zero attached hydrogens (tertiary/aromatic N) is 4. The van der Waals surface area contributed by atoms with E-state index in [0.717, 1.165) is 33.4 Å².